The molecule has 2 aliphatic rings. The van der Waals surface area contributed by atoms with E-state index in [-0.39, 0.29) is 0 Å². The highest BCUT2D eigenvalue weighted by molar-refractivity contribution is 7.86. The van der Waals surface area contributed by atoms with Crippen molar-refractivity contribution in [2.75, 3.05) is 12.4 Å². The topological polar surface area (TPSA) is 96.0 Å². The molecule has 130 valence electrons. The molecule has 1 saturated carbocycles. The van der Waals surface area contributed by atoms with Gasteiger partial charge in [0.25, 0.3) is 10.1 Å². The maximum absolute atomic E-state index is 13.0. The summed E-state index contributed by atoms with van der Waals surface area (Å²) in [5.74, 6) is -5.73. The van der Waals surface area contributed by atoms with Crippen molar-refractivity contribution in [1.29, 1.82) is 0 Å². The van der Waals surface area contributed by atoms with Gasteiger partial charge in [-0.1, -0.05) is 6.58 Å². The van der Waals surface area contributed by atoms with Gasteiger partial charge in [-0.05, 0) is 6.42 Å². The number of alkyl halides is 3. The summed E-state index contributed by atoms with van der Waals surface area (Å²) in [7, 11) is -4.10. The molecular weight excluding hydrogens is 345 g/mol. The molecule has 4 atom stereocenters. The van der Waals surface area contributed by atoms with Gasteiger partial charge in [-0.3, -0.25) is 4.18 Å². The van der Waals surface area contributed by atoms with Crippen LogP contribution in [-0.2, 0) is 33.4 Å². The maximum atomic E-state index is 13.0. The Morgan fingerprint density at radius 3 is 2.57 bits per heavy atom. The van der Waals surface area contributed by atoms with Crippen LogP contribution in [0.4, 0.5) is 13.2 Å². The third-order valence-electron chi connectivity index (χ3n) is 3.60. The van der Waals surface area contributed by atoms with Crippen molar-refractivity contribution in [3.8, 4) is 0 Å². The van der Waals surface area contributed by atoms with Crippen molar-refractivity contribution < 1.29 is 44.8 Å². The summed E-state index contributed by atoms with van der Waals surface area (Å²) in [6.07, 6.45) is -7.58. The fraction of sp³-hybridized carbons (Fsp3) is 0.667. The molecule has 11 heteroatoms. The fourth-order valence-corrected chi connectivity index (χ4v) is 4.22. The monoisotopic (exact) mass is 358 g/mol. The second-order valence-electron chi connectivity index (χ2n) is 5.20. The standard InChI is InChI=1S/C12H13F3O7S/c1-2-8(16)20-4-9(17)21-10-6-3-7(12(13,14)15)11(10)22-23(18,19)5-6/h2,6-7,10-11H,1,3-5H2. The quantitative estimate of drug-likeness (QED) is 0.411. The van der Waals surface area contributed by atoms with Crippen LogP contribution in [0.3, 0.4) is 0 Å². The predicted octanol–water partition coefficient (Wildman–Crippen LogP) is 0.554. The summed E-state index contributed by atoms with van der Waals surface area (Å²) in [6, 6.07) is 0. The van der Waals surface area contributed by atoms with E-state index in [1.54, 1.807) is 0 Å². The number of carbonyl (C=O) groups excluding carboxylic acids is 2. The van der Waals surface area contributed by atoms with Crippen LogP contribution in [0.15, 0.2) is 12.7 Å². The highest BCUT2D eigenvalue weighted by Crippen LogP contribution is 2.48. The van der Waals surface area contributed by atoms with Crippen molar-refractivity contribution in [2.45, 2.75) is 24.8 Å². The molecule has 23 heavy (non-hydrogen) atoms. The second-order valence-corrected chi connectivity index (χ2v) is 6.84. The third kappa shape index (κ3) is 4.02. The Morgan fingerprint density at radius 1 is 1.35 bits per heavy atom. The Morgan fingerprint density at radius 2 is 2.00 bits per heavy atom. The van der Waals surface area contributed by atoms with Crippen LogP contribution in [0.5, 0.6) is 0 Å². The molecule has 4 unspecified atom stereocenters. The summed E-state index contributed by atoms with van der Waals surface area (Å²) in [5.41, 5.74) is 0. The minimum absolute atomic E-state index is 0.516. The van der Waals surface area contributed by atoms with Crippen molar-refractivity contribution in [3.63, 3.8) is 0 Å². The first kappa shape index (κ1) is 17.7. The molecule has 0 amide bonds. The van der Waals surface area contributed by atoms with Gasteiger partial charge in [-0.2, -0.15) is 21.6 Å². The van der Waals surface area contributed by atoms with Crippen LogP contribution < -0.4 is 0 Å². The molecule has 0 radical (unpaired) electrons. The average Bonchev–Trinajstić information content (AvgIpc) is 2.64. The Hall–Kier alpha value is -1.62. The first-order chi connectivity index (χ1) is 10.5. The van der Waals surface area contributed by atoms with E-state index in [9.17, 15) is 31.2 Å². The SMILES string of the molecule is C=CC(=O)OCC(=O)OC1C2CC(C(F)(F)F)C1OS(=O)(=O)C2. The van der Waals surface area contributed by atoms with Gasteiger partial charge in [0.2, 0.25) is 0 Å². The molecule has 1 saturated heterocycles. The van der Waals surface area contributed by atoms with Crippen LogP contribution in [0.25, 0.3) is 0 Å². The zero-order valence-corrected chi connectivity index (χ0v) is 12.4. The highest BCUT2D eigenvalue weighted by Gasteiger charge is 2.61. The van der Waals surface area contributed by atoms with Crippen LogP contribution in [0.1, 0.15) is 6.42 Å². The van der Waals surface area contributed by atoms with E-state index >= 15 is 0 Å². The van der Waals surface area contributed by atoms with Gasteiger partial charge in [0.1, 0.15) is 12.2 Å². The molecular formula is C12H13F3O7S. The molecule has 0 aromatic carbocycles. The van der Waals surface area contributed by atoms with Gasteiger partial charge in [0.15, 0.2) is 6.61 Å². The number of rotatable bonds is 4. The van der Waals surface area contributed by atoms with Gasteiger partial charge < -0.3 is 9.47 Å². The molecule has 2 fully saturated rings. The zero-order valence-electron chi connectivity index (χ0n) is 11.6. The summed E-state index contributed by atoms with van der Waals surface area (Å²) in [6.45, 7) is 2.29. The zero-order chi connectivity index (χ0) is 17.4. The number of ether oxygens (including phenoxy) is 2. The van der Waals surface area contributed by atoms with Gasteiger partial charge in [-0.15, -0.1) is 0 Å². The molecule has 2 bridgehead atoms. The Balaban J connectivity index is 2.09. The van der Waals surface area contributed by atoms with Crippen LogP contribution in [0.2, 0.25) is 0 Å². The lowest BCUT2D eigenvalue weighted by molar-refractivity contribution is -0.198. The van der Waals surface area contributed by atoms with E-state index in [0.717, 1.165) is 6.08 Å². The normalized spacial score (nSPS) is 32.1. The molecule has 0 spiro atoms. The Kier molecular flexibility index (Phi) is 4.71. The lowest BCUT2D eigenvalue weighted by atomic mass is 10.1. The van der Waals surface area contributed by atoms with Crippen molar-refractivity contribution in [3.05, 3.63) is 12.7 Å². The lowest BCUT2D eigenvalue weighted by Gasteiger charge is -2.30. The van der Waals surface area contributed by atoms with Crippen LogP contribution >= 0.6 is 0 Å². The highest BCUT2D eigenvalue weighted by atomic mass is 32.2. The van der Waals surface area contributed by atoms with E-state index in [0.29, 0.717) is 0 Å². The van der Waals surface area contributed by atoms with Gasteiger partial charge >= 0.3 is 18.1 Å². The van der Waals surface area contributed by atoms with Crippen LogP contribution in [-0.4, -0.2) is 51.1 Å². The Labute approximate surface area is 129 Å². The summed E-state index contributed by atoms with van der Waals surface area (Å²) < 4.78 is 75.6. The second kappa shape index (κ2) is 6.11. The summed E-state index contributed by atoms with van der Waals surface area (Å²) in [4.78, 5) is 22.4. The minimum atomic E-state index is -4.68. The smallest absolute Gasteiger partial charge is 0.394 e. The van der Waals surface area contributed by atoms with E-state index in [1.807, 2.05) is 0 Å². The molecule has 2 rings (SSSR count). The largest absolute Gasteiger partial charge is 0.457 e. The molecule has 0 aromatic heterocycles. The van der Waals surface area contributed by atoms with Gasteiger partial charge in [0, 0.05) is 12.0 Å². The number of hydrogen-bond donors (Lipinski definition) is 0. The minimum Gasteiger partial charge on any atom is -0.457 e. The maximum Gasteiger partial charge on any atom is 0.394 e. The number of fused-ring (bicyclic) bond motifs is 2. The van der Waals surface area contributed by atoms with E-state index in [2.05, 4.69) is 15.5 Å². The van der Waals surface area contributed by atoms with E-state index in [1.165, 1.54) is 0 Å². The number of halogens is 3. The molecule has 0 aromatic rings. The number of esters is 2. The first-order valence-corrected chi connectivity index (χ1v) is 8.07. The van der Waals surface area contributed by atoms with Crippen molar-refractivity contribution in [2.24, 2.45) is 11.8 Å². The predicted molar refractivity (Wildman–Crippen MR) is 67.3 cm³/mol. The molecule has 1 heterocycles. The molecule has 7 nitrogen and oxygen atoms in total. The van der Waals surface area contributed by atoms with Gasteiger partial charge in [-0.25, -0.2) is 9.59 Å². The van der Waals surface area contributed by atoms with Crippen molar-refractivity contribution >= 4 is 22.1 Å². The van der Waals surface area contributed by atoms with E-state index in [4.69, 9.17) is 4.74 Å². The van der Waals surface area contributed by atoms with E-state index < -0.39 is 71.1 Å². The average molecular weight is 358 g/mol. The number of carbonyl (C=O) groups is 2. The lowest BCUT2D eigenvalue weighted by Crippen LogP contribution is -2.46. The molecule has 1 aliphatic carbocycles. The Bertz CT molecular complexity index is 613. The molecule has 0 N–H and O–H groups in total. The summed E-state index contributed by atoms with van der Waals surface area (Å²) >= 11 is 0. The fourth-order valence-electron chi connectivity index (χ4n) is 2.71. The van der Waals surface area contributed by atoms with Crippen LogP contribution in [0, 0.1) is 11.8 Å². The first-order valence-electron chi connectivity index (χ1n) is 6.50. The third-order valence-corrected chi connectivity index (χ3v) is 4.96. The van der Waals surface area contributed by atoms with Crippen molar-refractivity contribution in [1.82, 2.24) is 0 Å². The number of hydrogen-bond acceptors (Lipinski definition) is 7. The molecule has 1 aliphatic heterocycles. The van der Waals surface area contributed by atoms with Gasteiger partial charge in [0.05, 0.1) is 11.7 Å². The summed E-state index contributed by atoms with van der Waals surface area (Å²) in [5, 5.41) is 0.